The molecular formula is C16H12N6. The van der Waals surface area contributed by atoms with Crippen LogP contribution in [0, 0.1) is 11.3 Å². The van der Waals surface area contributed by atoms with Crippen LogP contribution in [0.15, 0.2) is 65.9 Å². The molecule has 0 saturated heterocycles. The summed E-state index contributed by atoms with van der Waals surface area (Å²) in [6.45, 7) is 0. The van der Waals surface area contributed by atoms with Crippen molar-refractivity contribution >= 4 is 11.5 Å². The van der Waals surface area contributed by atoms with Gasteiger partial charge in [0.05, 0.1) is 5.69 Å². The standard InChI is InChI=1S/C16H12N6/c17-11-15(13-8-4-5-9-18-13)20-22-16-10-14(19-21-16)12-6-2-1-3-7-12/h1-10H,(H2,19,21,22)/b20-15-. The predicted molar refractivity (Wildman–Crippen MR) is 84.0 cm³/mol. The van der Waals surface area contributed by atoms with Crippen LogP contribution in [0.5, 0.6) is 0 Å². The highest BCUT2D eigenvalue weighted by Gasteiger charge is 2.05. The lowest BCUT2D eigenvalue weighted by atomic mass is 10.2. The average Bonchev–Trinajstić information content (AvgIpc) is 3.06. The molecule has 3 aromatic rings. The van der Waals surface area contributed by atoms with Gasteiger partial charge in [-0.05, 0) is 17.7 Å². The van der Waals surface area contributed by atoms with Crippen molar-refractivity contribution in [1.82, 2.24) is 15.2 Å². The largest absolute Gasteiger partial charge is 0.276 e. The Labute approximate surface area is 127 Å². The predicted octanol–water partition coefficient (Wildman–Crippen LogP) is 2.81. The lowest BCUT2D eigenvalue weighted by Crippen LogP contribution is -2.03. The molecule has 3 rings (SSSR count). The van der Waals surface area contributed by atoms with Gasteiger partial charge in [0.2, 0.25) is 0 Å². The summed E-state index contributed by atoms with van der Waals surface area (Å²) in [4.78, 5) is 4.09. The number of pyridine rings is 1. The molecule has 0 amide bonds. The first-order chi connectivity index (χ1) is 10.9. The van der Waals surface area contributed by atoms with Crippen LogP contribution >= 0.6 is 0 Å². The molecule has 0 aliphatic rings. The maximum absolute atomic E-state index is 9.15. The Kier molecular flexibility index (Phi) is 3.89. The lowest BCUT2D eigenvalue weighted by molar-refractivity contribution is 1.08. The number of hydrogen-bond acceptors (Lipinski definition) is 5. The molecule has 0 bridgehead atoms. The molecule has 1 aromatic carbocycles. The van der Waals surface area contributed by atoms with Crippen LogP contribution in [0.2, 0.25) is 0 Å². The number of nitriles is 1. The summed E-state index contributed by atoms with van der Waals surface area (Å²) in [6, 6.07) is 19.0. The smallest absolute Gasteiger partial charge is 0.186 e. The normalized spacial score (nSPS) is 11.0. The summed E-state index contributed by atoms with van der Waals surface area (Å²) in [5.41, 5.74) is 5.37. The Bertz CT molecular complexity index is 815. The second-order valence-corrected chi connectivity index (χ2v) is 4.43. The van der Waals surface area contributed by atoms with E-state index in [0.717, 1.165) is 11.3 Å². The Morgan fingerprint density at radius 2 is 1.95 bits per heavy atom. The van der Waals surface area contributed by atoms with E-state index in [4.69, 9.17) is 5.26 Å². The number of hydrazone groups is 1. The number of anilines is 1. The van der Waals surface area contributed by atoms with Gasteiger partial charge in [-0.3, -0.25) is 15.5 Å². The number of aromatic amines is 1. The minimum atomic E-state index is 0.199. The van der Waals surface area contributed by atoms with Crippen LogP contribution in [-0.2, 0) is 0 Å². The summed E-state index contributed by atoms with van der Waals surface area (Å²) >= 11 is 0. The van der Waals surface area contributed by atoms with E-state index in [1.54, 1.807) is 24.4 Å². The summed E-state index contributed by atoms with van der Waals surface area (Å²) in [5.74, 6) is 0.530. The van der Waals surface area contributed by atoms with Gasteiger partial charge in [0.15, 0.2) is 11.5 Å². The number of rotatable bonds is 4. The summed E-state index contributed by atoms with van der Waals surface area (Å²) in [5, 5.41) is 20.2. The van der Waals surface area contributed by atoms with Crippen molar-refractivity contribution in [2.45, 2.75) is 0 Å². The third-order valence-electron chi connectivity index (χ3n) is 2.96. The maximum atomic E-state index is 9.15. The van der Waals surface area contributed by atoms with Crippen LogP contribution in [0.3, 0.4) is 0 Å². The van der Waals surface area contributed by atoms with E-state index < -0.39 is 0 Å². The molecule has 0 aliphatic heterocycles. The van der Waals surface area contributed by atoms with E-state index in [2.05, 4.69) is 25.7 Å². The molecule has 0 fully saturated rings. The fourth-order valence-corrected chi connectivity index (χ4v) is 1.90. The van der Waals surface area contributed by atoms with Gasteiger partial charge in [0.25, 0.3) is 0 Å². The molecule has 2 aromatic heterocycles. The molecule has 0 atom stereocenters. The van der Waals surface area contributed by atoms with Crippen molar-refractivity contribution in [3.05, 3.63) is 66.5 Å². The van der Waals surface area contributed by atoms with Gasteiger partial charge in [0, 0.05) is 12.3 Å². The van der Waals surface area contributed by atoms with Crippen molar-refractivity contribution in [3.63, 3.8) is 0 Å². The van der Waals surface area contributed by atoms with Crippen molar-refractivity contribution in [2.75, 3.05) is 5.43 Å². The average molecular weight is 288 g/mol. The molecule has 22 heavy (non-hydrogen) atoms. The van der Waals surface area contributed by atoms with Gasteiger partial charge in [0.1, 0.15) is 11.8 Å². The quantitative estimate of drug-likeness (QED) is 0.570. The summed E-state index contributed by atoms with van der Waals surface area (Å²) in [7, 11) is 0. The van der Waals surface area contributed by atoms with Gasteiger partial charge in [-0.25, -0.2) is 0 Å². The van der Waals surface area contributed by atoms with Gasteiger partial charge >= 0.3 is 0 Å². The third kappa shape index (κ3) is 2.99. The maximum Gasteiger partial charge on any atom is 0.186 e. The lowest BCUT2D eigenvalue weighted by Gasteiger charge is -1.97. The second-order valence-electron chi connectivity index (χ2n) is 4.43. The van der Waals surface area contributed by atoms with Crippen molar-refractivity contribution in [1.29, 1.82) is 5.26 Å². The number of benzene rings is 1. The summed E-state index contributed by atoms with van der Waals surface area (Å²) in [6.07, 6.45) is 1.62. The van der Waals surface area contributed by atoms with Gasteiger partial charge in [-0.1, -0.05) is 36.4 Å². The molecule has 6 heteroatoms. The molecule has 2 N–H and O–H groups in total. The number of nitrogens with one attached hydrogen (secondary N) is 2. The van der Waals surface area contributed by atoms with Crippen LogP contribution in [0.25, 0.3) is 11.3 Å². The SMILES string of the molecule is N#C/C(=N/Nc1cc(-c2ccccc2)[nH]n1)c1ccccn1. The molecule has 2 heterocycles. The topological polar surface area (TPSA) is 89.8 Å². The molecule has 0 spiro atoms. The molecular weight excluding hydrogens is 276 g/mol. The number of nitrogens with zero attached hydrogens (tertiary/aromatic N) is 4. The Balaban J connectivity index is 1.78. The molecule has 0 unspecified atom stereocenters. The zero-order chi connectivity index (χ0) is 15.2. The van der Waals surface area contributed by atoms with E-state index in [0.29, 0.717) is 11.5 Å². The fraction of sp³-hybridized carbons (Fsp3) is 0. The fourth-order valence-electron chi connectivity index (χ4n) is 1.90. The highest BCUT2D eigenvalue weighted by molar-refractivity contribution is 6.10. The second kappa shape index (κ2) is 6.33. The minimum absolute atomic E-state index is 0.199. The van der Waals surface area contributed by atoms with Crippen LogP contribution in [0.1, 0.15) is 5.69 Å². The molecule has 0 radical (unpaired) electrons. The van der Waals surface area contributed by atoms with Gasteiger partial charge < -0.3 is 0 Å². The number of aromatic nitrogens is 3. The number of H-pyrrole nitrogens is 1. The first kappa shape index (κ1) is 13.5. The molecule has 6 nitrogen and oxygen atoms in total. The first-order valence-electron chi connectivity index (χ1n) is 6.63. The van der Waals surface area contributed by atoms with Gasteiger partial charge in [-0.15, -0.1) is 0 Å². The van der Waals surface area contributed by atoms with Crippen LogP contribution in [0.4, 0.5) is 5.82 Å². The van der Waals surface area contributed by atoms with E-state index in [1.165, 1.54) is 0 Å². The van der Waals surface area contributed by atoms with Gasteiger partial charge in [-0.2, -0.15) is 15.5 Å². The zero-order valence-electron chi connectivity index (χ0n) is 11.6. The highest BCUT2D eigenvalue weighted by Crippen LogP contribution is 2.19. The van der Waals surface area contributed by atoms with Crippen molar-refractivity contribution in [2.24, 2.45) is 5.10 Å². The van der Waals surface area contributed by atoms with E-state index in [1.807, 2.05) is 42.5 Å². The number of hydrogen-bond donors (Lipinski definition) is 2. The highest BCUT2D eigenvalue weighted by atomic mass is 15.4. The van der Waals surface area contributed by atoms with E-state index in [-0.39, 0.29) is 5.71 Å². The molecule has 106 valence electrons. The van der Waals surface area contributed by atoms with E-state index in [9.17, 15) is 0 Å². The van der Waals surface area contributed by atoms with Crippen LogP contribution in [-0.4, -0.2) is 20.9 Å². The van der Waals surface area contributed by atoms with Crippen molar-refractivity contribution < 1.29 is 0 Å². The Morgan fingerprint density at radius 3 is 2.68 bits per heavy atom. The Hall–Kier alpha value is -3.46. The molecule has 0 aliphatic carbocycles. The molecule has 0 saturated carbocycles. The monoisotopic (exact) mass is 288 g/mol. The summed E-state index contributed by atoms with van der Waals surface area (Å²) < 4.78 is 0. The first-order valence-corrected chi connectivity index (χ1v) is 6.63. The Morgan fingerprint density at radius 1 is 1.14 bits per heavy atom. The third-order valence-corrected chi connectivity index (χ3v) is 2.96. The minimum Gasteiger partial charge on any atom is -0.276 e. The van der Waals surface area contributed by atoms with E-state index >= 15 is 0 Å². The van der Waals surface area contributed by atoms with Crippen molar-refractivity contribution in [3.8, 4) is 17.3 Å². The van der Waals surface area contributed by atoms with Crippen LogP contribution < -0.4 is 5.43 Å². The zero-order valence-corrected chi connectivity index (χ0v) is 11.6.